The van der Waals surface area contributed by atoms with Gasteiger partial charge in [-0.1, -0.05) is 81.4 Å². The Hall–Kier alpha value is 0.170. The van der Waals surface area contributed by atoms with Gasteiger partial charge in [0.1, 0.15) is 0 Å². The Labute approximate surface area is 131 Å². The average Bonchev–Trinajstić information content (AvgIpc) is 2.33. The molecular formula is C19H39P. The van der Waals surface area contributed by atoms with E-state index >= 15 is 0 Å². The molecule has 0 N–H and O–H groups in total. The van der Waals surface area contributed by atoms with Gasteiger partial charge < -0.3 is 0 Å². The summed E-state index contributed by atoms with van der Waals surface area (Å²) in [5.41, 5.74) is 2.80. The first-order valence-electron chi connectivity index (χ1n) is 8.14. The number of hydrogen-bond acceptors (Lipinski definition) is 0. The minimum Gasteiger partial charge on any atom is -0.134 e. The van der Waals surface area contributed by atoms with E-state index in [1.165, 1.54) is 5.57 Å². The van der Waals surface area contributed by atoms with Crippen LogP contribution in [-0.4, -0.2) is 5.66 Å². The summed E-state index contributed by atoms with van der Waals surface area (Å²) in [6, 6.07) is 0. The van der Waals surface area contributed by atoms with E-state index in [9.17, 15) is 0 Å². The maximum Gasteiger partial charge on any atom is -0.0178 e. The maximum atomic E-state index is 4.30. The number of hydrogen-bond donors (Lipinski definition) is 0. The molecule has 0 amide bonds. The molecule has 0 aromatic carbocycles. The van der Waals surface area contributed by atoms with Crippen LogP contribution in [0, 0.1) is 28.1 Å². The van der Waals surface area contributed by atoms with Gasteiger partial charge in [-0.3, -0.25) is 0 Å². The first-order chi connectivity index (χ1) is 8.71. The second-order valence-electron chi connectivity index (χ2n) is 8.86. The largest absolute Gasteiger partial charge is 0.134 e. The lowest BCUT2D eigenvalue weighted by molar-refractivity contribution is -0.000135. The highest BCUT2D eigenvalue weighted by atomic mass is 31.0. The summed E-state index contributed by atoms with van der Waals surface area (Å²) in [4.78, 5) is 0. The van der Waals surface area contributed by atoms with Crippen LogP contribution >= 0.6 is 9.24 Å². The molecule has 20 heavy (non-hydrogen) atoms. The van der Waals surface area contributed by atoms with Gasteiger partial charge in [-0.25, -0.2) is 0 Å². The van der Waals surface area contributed by atoms with Crippen LogP contribution < -0.4 is 0 Å². The van der Waals surface area contributed by atoms with Gasteiger partial charge in [-0.05, 0) is 40.2 Å². The zero-order chi connectivity index (χ0) is 16.5. The summed E-state index contributed by atoms with van der Waals surface area (Å²) >= 11 is 0. The molecule has 0 bridgehead atoms. The Morgan fingerprint density at radius 1 is 0.950 bits per heavy atom. The van der Waals surface area contributed by atoms with Crippen LogP contribution in [0.15, 0.2) is 12.2 Å². The summed E-state index contributed by atoms with van der Waals surface area (Å²) in [7, 11) is 3.11. The number of allylic oxidation sites excluding steroid dienone is 1. The van der Waals surface area contributed by atoms with Crippen LogP contribution in [-0.2, 0) is 0 Å². The van der Waals surface area contributed by atoms with Crippen molar-refractivity contribution in [2.24, 2.45) is 28.1 Å². The van der Waals surface area contributed by atoms with Crippen molar-refractivity contribution < 1.29 is 0 Å². The quantitative estimate of drug-likeness (QED) is 0.384. The van der Waals surface area contributed by atoms with Crippen molar-refractivity contribution >= 4 is 9.24 Å². The minimum absolute atomic E-state index is 0.236. The fourth-order valence-corrected chi connectivity index (χ4v) is 3.64. The lowest BCUT2D eigenvalue weighted by Gasteiger charge is -2.53. The van der Waals surface area contributed by atoms with E-state index in [0.29, 0.717) is 22.9 Å². The zero-order valence-electron chi connectivity index (χ0n) is 15.7. The first kappa shape index (κ1) is 20.2. The molecule has 1 heteroatoms. The third-order valence-electron chi connectivity index (χ3n) is 6.49. The Kier molecular flexibility index (Phi) is 6.57. The van der Waals surface area contributed by atoms with Crippen molar-refractivity contribution in [1.82, 2.24) is 0 Å². The third kappa shape index (κ3) is 3.88. The number of rotatable bonds is 6. The molecule has 4 unspecified atom stereocenters. The van der Waals surface area contributed by atoms with Crippen LogP contribution in [0.4, 0.5) is 0 Å². The second kappa shape index (κ2) is 6.51. The van der Waals surface area contributed by atoms with E-state index in [-0.39, 0.29) is 10.8 Å². The molecule has 0 aromatic rings. The van der Waals surface area contributed by atoms with Crippen LogP contribution in [0.3, 0.4) is 0 Å². The van der Waals surface area contributed by atoms with Crippen LogP contribution in [0.5, 0.6) is 0 Å². The maximum absolute atomic E-state index is 4.30. The summed E-state index contributed by atoms with van der Waals surface area (Å²) < 4.78 is 0. The van der Waals surface area contributed by atoms with Crippen molar-refractivity contribution in [3.8, 4) is 0 Å². The van der Waals surface area contributed by atoms with Crippen LogP contribution in [0.25, 0.3) is 0 Å². The van der Waals surface area contributed by atoms with Gasteiger partial charge in [0.25, 0.3) is 0 Å². The topological polar surface area (TPSA) is 0 Å². The molecule has 0 saturated heterocycles. The molecule has 0 aromatic heterocycles. The van der Waals surface area contributed by atoms with Gasteiger partial charge in [0.15, 0.2) is 0 Å². The predicted molar refractivity (Wildman–Crippen MR) is 98.3 cm³/mol. The first-order valence-corrected chi connectivity index (χ1v) is 8.81. The molecule has 0 aliphatic carbocycles. The van der Waals surface area contributed by atoms with Gasteiger partial charge in [0, 0.05) is 0 Å². The van der Waals surface area contributed by atoms with Crippen molar-refractivity contribution in [2.75, 3.05) is 0 Å². The smallest absolute Gasteiger partial charge is 0.0178 e. The SMILES string of the molecule is C=C(CC)C(C)C(C)(C)C(C)(C)C(C)C(P)C(C)(C)C. The van der Waals surface area contributed by atoms with E-state index in [0.717, 1.165) is 6.42 Å². The summed E-state index contributed by atoms with van der Waals surface area (Å²) in [5.74, 6) is 1.18. The van der Waals surface area contributed by atoms with Gasteiger partial charge >= 0.3 is 0 Å². The molecule has 0 rings (SSSR count). The van der Waals surface area contributed by atoms with E-state index in [4.69, 9.17) is 0 Å². The van der Waals surface area contributed by atoms with E-state index in [1.807, 2.05) is 0 Å². The van der Waals surface area contributed by atoms with Crippen LogP contribution in [0.1, 0.15) is 75.7 Å². The van der Waals surface area contributed by atoms with Gasteiger partial charge in [-0.2, -0.15) is 0 Å². The molecule has 0 saturated carbocycles. The molecule has 0 fully saturated rings. The molecule has 4 atom stereocenters. The standard InChI is InChI=1S/C19H39P/c1-12-13(2)14(3)18(8,9)19(10,11)15(4)16(20)17(5,6)7/h14-16H,2,12,20H2,1,3-11H3. The lowest BCUT2D eigenvalue weighted by Crippen LogP contribution is -2.47. The molecular weight excluding hydrogens is 259 g/mol. The average molecular weight is 298 g/mol. The predicted octanol–water partition coefficient (Wildman–Crippen LogP) is 6.57. The Balaban J connectivity index is 5.44. The van der Waals surface area contributed by atoms with E-state index in [1.54, 1.807) is 0 Å². The summed E-state index contributed by atoms with van der Waals surface area (Å²) in [5, 5.41) is 0. The zero-order valence-corrected chi connectivity index (χ0v) is 16.9. The molecule has 0 radical (unpaired) electrons. The highest BCUT2D eigenvalue weighted by molar-refractivity contribution is 7.17. The van der Waals surface area contributed by atoms with Crippen LogP contribution in [0.2, 0.25) is 0 Å². The van der Waals surface area contributed by atoms with E-state index < -0.39 is 0 Å². The van der Waals surface area contributed by atoms with E-state index in [2.05, 4.69) is 85.1 Å². The third-order valence-corrected chi connectivity index (χ3v) is 8.06. The lowest BCUT2D eigenvalue weighted by atomic mass is 9.53. The van der Waals surface area contributed by atoms with Crippen molar-refractivity contribution in [2.45, 2.75) is 81.3 Å². The molecule has 0 heterocycles. The Morgan fingerprint density at radius 3 is 1.65 bits per heavy atom. The fourth-order valence-electron chi connectivity index (χ4n) is 3.16. The molecule has 0 spiro atoms. The van der Waals surface area contributed by atoms with Gasteiger partial charge in [-0.15, -0.1) is 9.24 Å². The monoisotopic (exact) mass is 298 g/mol. The fraction of sp³-hybridized carbons (Fsp3) is 0.895. The molecule has 0 aliphatic rings. The second-order valence-corrected chi connectivity index (χ2v) is 9.58. The Morgan fingerprint density at radius 2 is 1.35 bits per heavy atom. The van der Waals surface area contributed by atoms with Crippen molar-refractivity contribution in [3.05, 3.63) is 12.2 Å². The highest BCUT2D eigenvalue weighted by Gasteiger charge is 2.47. The summed E-state index contributed by atoms with van der Waals surface area (Å²) in [6.07, 6.45) is 1.08. The molecule has 120 valence electrons. The Bertz CT molecular complexity index is 330. The molecule has 0 nitrogen and oxygen atoms in total. The normalized spacial score (nSPS) is 18.6. The van der Waals surface area contributed by atoms with Gasteiger partial charge in [0.2, 0.25) is 0 Å². The van der Waals surface area contributed by atoms with Crippen molar-refractivity contribution in [1.29, 1.82) is 0 Å². The molecule has 0 aliphatic heterocycles. The minimum atomic E-state index is 0.236. The van der Waals surface area contributed by atoms with Crippen molar-refractivity contribution in [3.63, 3.8) is 0 Å². The van der Waals surface area contributed by atoms with Gasteiger partial charge in [0.05, 0.1) is 0 Å². The highest BCUT2D eigenvalue weighted by Crippen LogP contribution is 2.54. The summed E-state index contributed by atoms with van der Waals surface area (Å²) in [6.45, 7) is 28.1.